The highest BCUT2D eigenvalue weighted by molar-refractivity contribution is 5.77. The molecule has 26 heavy (non-hydrogen) atoms. The lowest BCUT2D eigenvalue weighted by Gasteiger charge is -2.29. The zero-order chi connectivity index (χ0) is 18.5. The second-order valence-corrected chi connectivity index (χ2v) is 6.07. The average Bonchev–Trinajstić information content (AvgIpc) is 2.68. The second-order valence-electron chi connectivity index (χ2n) is 6.07. The number of carbonyl (C=O) groups excluding carboxylic acids is 1. The molecule has 132 valence electrons. The molecule has 0 aromatic heterocycles. The summed E-state index contributed by atoms with van der Waals surface area (Å²) in [7, 11) is 0. The van der Waals surface area contributed by atoms with Gasteiger partial charge in [0.05, 0.1) is 23.2 Å². The van der Waals surface area contributed by atoms with Gasteiger partial charge >= 0.3 is 5.97 Å². The summed E-state index contributed by atoms with van der Waals surface area (Å²) in [5.41, 5.74) is 2.64. The SMILES string of the molecule is CCc1ccc(F)c(N(CC2C=CCOC2=O)c2ccc(C#N)cc2)c1. The number of rotatable bonds is 5. The van der Waals surface area contributed by atoms with Gasteiger partial charge in [-0.3, -0.25) is 4.79 Å². The van der Waals surface area contributed by atoms with Crippen LogP contribution in [0.4, 0.5) is 15.8 Å². The van der Waals surface area contributed by atoms with Crippen LogP contribution in [0.3, 0.4) is 0 Å². The Labute approximate surface area is 152 Å². The van der Waals surface area contributed by atoms with Gasteiger partial charge < -0.3 is 9.64 Å². The summed E-state index contributed by atoms with van der Waals surface area (Å²) in [5, 5.41) is 9.00. The summed E-state index contributed by atoms with van der Waals surface area (Å²) < 4.78 is 19.7. The molecule has 1 unspecified atom stereocenters. The predicted molar refractivity (Wildman–Crippen MR) is 97.5 cm³/mol. The van der Waals surface area contributed by atoms with E-state index in [1.54, 1.807) is 53.5 Å². The molecule has 1 aliphatic rings. The van der Waals surface area contributed by atoms with Crippen molar-refractivity contribution in [2.45, 2.75) is 13.3 Å². The van der Waals surface area contributed by atoms with Crippen molar-refractivity contribution in [1.29, 1.82) is 5.26 Å². The first-order valence-electron chi connectivity index (χ1n) is 8.51. The molecule has 0 amide bonds. The van der Waals surface area contributed by atoms with E-state index in [9.17, 15) is 9.18 Å². The largest absolute Gasteiger partial charge is 0.461 e. The maximum absolute atomic E-state index is 14.6. The third-order valence-electron chi connectivity index (χ3n) is 4.39. The highest BCUT2D eigenvalue weighted by Crippen LogP contribution is 2.31. The van der Waals surface area contributed by atoms with E-state index in [-0.39, 0.29) is 24.9 Å². The number of anilines is 2. The summed E-state index contributed by atoms with van der Waals surface area (Å²) in [4.78, 5) is 13.8. The number of ether oxygens (including phenoxy) is 1. The molecule has 1 atom stereocenters. The number of hydrogen-bond acceptors (Lipinski definition) is 4. The zero-order valence-corrected chi connectivity index (χ0v) is 14.5. The van der Waals surface area contributed by atoms with Gasteiger partial charge in [0.2, 0.25) is 0 Å². The molecule has 0 bridgehead atoms. The second kappa shape index (κ2) is 7.83. The quantitative estimate of drug-likeness (QED) is 0.601. The molecule has 0 spiro atoms. The standard InChI is InChI=1S/C21H19FN2O2/c1-2-15-7-10-19(22)20(12-15)24(14-17-4-3-11-26-21(17)25)18-8-5-16(13-23)6-9-18/h3-10,12,17H,2,11,14H2,1H3. The summed E-state index contributed by atoms with van der Waals surface area (Å²) in [6.45, 7) is 2.53. The van der Waals surface area contributed by atoms with E-state index in [1.807, 2.05) is 6.92 Å². The Kier molecular flexibility index (Phi) is 5.33. The van der Waals surface area contributed by atoms with Crippen molar-refractivity contribution in [3.05, 3.63) is 71.6 Å². The van der Waals surface area contributed by atoms with E-state index >= 15 is 0 Å². The Balaban J connectivity index is 2.03. The van der Waals surface area contributed by atoms with Crippen molar-refractivity contribution in [2.24, 2.45) is 5.92 Å². The van der Waals surface area contributed by atoms with Crippen LogP contribution in [0.2, 0.25) is 0 Å². The molecule has 0 fully saturated rings. The van der Waals surface area contributed by atoms with Crippen LogP contribution in [-0.2, 0) is 16.0 Å². The number of carbonyl (C=O) groups is 1. The number of aryl methyl sites for hydroxylation is 1. The Morgan fingerprint density at radius 2 is 2.04 bits per heavy atom. The third-order valence-corrected chi connectivity index (χ3v) is 4.39. The van der Waals surface area contributed by atoms with Crippen LogP contribution >= 0.6 is 0 Å². The smallest absolute Gasteiger partial charge is 0.314 e. The molecular formula is C21H19FN2O2. The van der Waals surface area contributed by atoms with Gasteiger partial charge in [-0.2, -0.15) is 5.26 Å². The van der Waals surface area contributed by atoms with Crippen molar-refractivity contribution < 1.29 is 13.9 Å². The van der Waals surface area contributed by atoms with Crippen molar-refractivity contribution >= 4 is 17.3 Å². The number of cyclic esters (lactones) is 1. The average molecular weight is 350 g/mol. The van der Waals surface area contributed by atoms with Crippen molar-refractivity contribution in [3.63, 3.8) is 0 Å². The number of nitrogens with zero attached hydrogens (tertiary/aromatic N) is 2. The van der Waals surface area contributed by atoms with Crippen molar-refractivity contribution in [3.8, 4) is 6.07 Å². The summed E-state index contributed by atoms with van der Waals surface area (Å²) in [6, 6.07) is 13.9. The van der Waals surface area contributed by atoms with E-state index in [0.29, 0.717) is 16.9 Å². The first kappa shape index (κ1) is 17.7. The van der Waals surface area contributed by atoms with Gasteiger partial charge in [0.1, 0.15) is 12.4 Å². The highest BCUT2D eigenvalue weighted by atomic mass is 19.1. The number of halogens is 1. The van der Waals surface area contributed by atoms with Crippen LogP contribution in [0.5, 0.6) is 0 Å². The number of hydrogen-bond donors (Lipinski definition) is 0. The van der Waals surface area contributed by atoms with E-state index in [4.69, 9.17) is 10.00 Å². The molecule has 4 nitrogen and oxygen atoms in total. The van der Waals surface area contributed by atoms with Crippen LogP contribution in [0, 0.1) is 23.1 Å². The van der Waals surface area contributed by atoms with Gasteiger partial charge in [0, 0.05) is 12.2 Å². The van der Waals surface area contributed by atoms with Crippen molar-refractivity contribution in [2.75, 3.05) is 18.1 Å². The molecule has 0 N–H and O–H groups in total. The van der Waals surface area contributed by atoms with Gasteiger partial charge in [0.25, 0.3) is 0 Å². The maximum atomic E-state index is 14.6. The van der Waals surface area contributed by atoms with E-state index in [1.165, 1.54) is 6.07 Å². The van der Waals surface area contributed by atoms with Gasteiger partial charge in [-0.1, -0.05) is 25.1 Å². The molecule has 3 rings (SSSR count). The fourth-order valence-corrected chi connectivity index (χ4v) is 2.91. The minimum Gasteiger partial charge on any atom is -0.461 e. The summed E-state index contributed by atoms with van der Waals surface area (Å²) in [6.07, 6.45) is 4.37. The van der Waals surface area contributed by atoms with Gasteiger partial charge in [-0.15, -0.1) is 0 Å². The first-order valence-corrected chi connectivity index (χ1v) is 8.51. The third kappa shape index (κ3) is 3.75. The maximum Gasteiger partial charge on any atom is 0.314 e. The Bertz CT molecular complexity index is 869. The van der Waals surface area contributed by atoms with Gasteiger partial charge in [-0.25, -0.2) is 4.39 Å². The molecular weight excluding hydrogens is 331 g/mol. The van der Waals surface area contributed by atoms with Crippen molar-refractivity contribution in [1.82, 2.24) is 0 Å². The molecule has 0 radical (unpaired) electrons. The van der Waals surface area contributed by atoms with Crippen LogP contribution in [0.15, 0.2) is 54.6 Å². The van der Waals surface area contributed by atoms with E-state index in [0.717, 1.165) is 12.0 Å². The zero-order valence-electron chi connectivity index (χ0n) is 14.5. The van der Waals surface area contributed by atoms with E-state index < -0.39 is 5.92 Å². The van der Waals surface area contributed by atoms with Crippen LogP contribution < -0.4 is 4.90 Å². The summed E-state index contributed by atoms with van der Waals surface area (Å²) >= 11 is 0. The molecule has 2 aromatic rings. The van der Waals surface area contributed by atoms with Crippen LogP contribution in [0.25, 0.3) is 0 Å². The topological polar surface area (TPSA) is 53.3 Å². The lowest BCUT2D eigenvalue weighted by Crippen LogP contribution is -2.32. The minimum atomic E-state index is -0.482. The molecule has 0 saturated heterocycles. The minimum absolute atomic E-state index is 0.255. The predicted octanol–water partition coefficient (Wildman–Crippen LogP) is 4.13. The number of nitriles is 1. The van der Waals surface area contributed by atoms with E-state index in [2.05, 4.69) is 6.07 Å². The Morgan fingerprint density at radius 1 is 1.27 bits per heavy atom. The lowest BCUT2D eigenvalue weighted by molar-refractivity contribution is -0.146. The van der Waals surface area contributed by atoms with Crippen LogP contribution in [-0.4, -0.2) is 19.1 Å². The molecule has 0 saturated carbocycles. The molecule has 1 heterocycles. The number of benzene rings is 2. The molecule has 1 aliphatic heterocycles. The fourth-order valence-electron chi connectivity index (χ4n) is 2.91. The summed E-state index contributed by atoms with van der Waals surface area (Å²) in [5.74, 6) is -1.16. The normalized spacial score (nSPS) is 16.0. The molecule has 0 aliphatic carbocycles. The number of esters is 1. The van der Waals surface area contributed by atoms with Gasteiger partial charge in [-0.05, 0) is 48.4 Å². The first-order chi connectivity index (χ1) is 12.6. The Hall–Kier alpha value is -3.13. The van der Waals surface area contributed by atoms with Gasteiger partial charge in [0.15, 0.2) is 0 Å². The highest BCUT2D eigenvalue weighted by Gasteiger charge is 2.25. The Morgan fingerprint density at radius 3 is 2.69 bits per heavy atom. The monoisotopic (exact) mass is 350 g/mol. The molecule has 5 heteroatoms. The lowest BCUT2D eigenvalue weighted by atomic mass is 10.0. The van der Waals surface area contributed by atoms with Crippen LogP contribution in [0.1, 0.15) is 18.1 Å². The fraction of sp³-hybridized carbons (Fsp3) is 0.238. The molecule has 2 aromatic carbocycles.